The summed E-state index contributed by atoms with van der Waals surface area (Å²) in [4.78, 5) is 2.35. The highest BCUT2D eigenvalue weighted by Crippen LogP contribution is 2.25. The second-order valence-electron chi connectivity index (χ2n) is 4.25. The Bertz CT molecular complexity index is 349. The summed E-state index contributed by atoms with van der Waals surface area (Å²) >= 11 is 3.21. The third kappa shape index (κ3) is 2.58. The van der Waals surface area contributed by atoms with Crippen LogP contribution < -0.4 is 0 Å². The lowest BCUT2D eigenvalue weighted by Crippen LogP contribution is -2.36. The highest BCUT2D eigenvalue weighted by atomic mass is 79.9. The molecule has 0 aliphatic heterocycles. The standard InChI is InChI=1S/C12H15BrFN/c1-15(10-3-2-4-10)8-9-5-6-12(14)11(13)7-9/h5-7,10H,2-4,8H2,1H3. The Morgan fingerprint density at radius 1 is 1.47 bits per heavy atom. The lowest BCUT2D eigenvalue weighted by atomic mass is 9.91. The van der Waals surface area contributed by atoms with E-state index >= 15 is 0 Å². The molecule has 1 fully saturated rings. The second kappa shape index (κ2) is 4.62. The molecule has 0 radical (unpaired) electrons. The van der Waals surface area contributed by atoms with Crippen LogP contribution in [0.25, 0.3) is 0 Å². The Morgan fingerprint density at radius 2 is 2.20 bits per heavy atom. The van der Waals surface area contributed by atoms with Crippen LogP contribution >= 0.6 is 15.9 Å². The Kier molecular flexibility index (Phi) is 3.42. The van der Waals surface area contributed by atoms with Crippen molar-refractivity contribution in [3.05, 3.63) is 34.1 Å². The van der Waals surface area contributed by atoms with E-state index in [9.17, 15) is 4.39 Å². The van der Waals surface area contributed by atoms with E-state index in [0.717, 1.165) is 18.2 Å². The predicted molar refractivity (Wildman–Crippen MR) is 63.2 cm³/mol. The fraction of sp³-hybridized carbons (Fsp3) is 0.500. The van der Waals surface area contributed by atoms with Gasteiger partial charge in [0.1, 0.15) is 5.82 Å². The minimum Gasteiger partial charge on any atom is -0.299 e. The van der Waals surface area contributed by atoms with Gasteiger partial charge in [-0.3, -0.25) is 4.90 Å². The van der Waals surface area contributed by atoms with Crippen LogP contribution in [0.3, 0.4) is 0 Å². The normalized spacial score (nSPS) is 16.8. The molecule has 3 heteroatoms. The zero-order valence-corrected chi connectivity index (χ0v) is 10.4. The van der Waals surface area contributed by atoms with Crippen LogP contribution in [0, 0.1) is 5.82 Å². The monoisotopic (exact) mass is 271 g/mol. The second-order valence-corrected chi connectivity index (χ2v) is 5.10. The van der Waals surface area contributed by atoms with Gasteiger partial charge in [-0.05, 0) is 53.5 Å². The van der Waals surface area contributed by atoms with Gasteiger partial charge < -0.3 is 0 Å². The zero-order valence-electron chi connectivity index (χ0n) is 8.84. The molecular formula is C12H15BrFN. The van der Waals surface area contributed by atoms with Gasteiger partial charge in [-0.15, -0.1) is 0 Å². The van der Waals surface area contributed by atoms with E-state index in [1.807, 2.05) is 12.1 Å². The quantitative estimate of drug-likeness (QED) is 0.813. The molecule has 0 aromatic heterocycles. The van der Waals surface area contributed by atoms with Crippen LogP contribution in [-0.4, -0.2) is 18.0 Å². The molecule has 1 nitrogen and oxygen atoms in total. The molecule has 0 amide bonds. The van der Waals surface area contributed by atoms with Gasteiger partial charge in [0.2, 0.25) is 0 Å². The van der Waals surface area contributed by atoms with Crippen molar-refractivity contribution in [1.29, 1.82) is 0 Å². The van der Waals surface area contributed by atoms with E-state index in [4.69, 9.17) is 0 Å². The van der Waals surface area contributed by atoms with Crippen LogP contribution in [0.4, 0.5) is 4.39 Å². The van der Waals surface area contributed by atoms with Gasteiger partial charge in [-0.25, -0.2) is 4.39 Å². The highest BCUT2D eigenvalue weighted by molar-refractivity contribution is 9.10. The summed E-state index contributed by atoms with van der Waals surface area (Å²) in [5, 5.41) is 0. The molecule has 2 rings (SSSR count). The lowest BCUT2D eigenvalue weighted by Gasteiger charge is -2.34. The van der Waals surface area contributed by atoms with E-state index in [0.29, 0.717) is 4.47 Å². The van der Waals surface area contributed by atoms with Gasteiger partial charge in [0.25, 0.3) is 0 Å². The predicted octanol–water partition coefficient (Wildman–Crippen LogP) is 3.57. The number of benzene rings is 1. The molecule has 0 heterocycles. The molecule has 1 aliphatic carbocycles. The maximum Gasteiger partial charge on any atom is 0.137 e. The number of hydrogen-bond donors (Lipinski definition) is 0. The first-order chi connectivity index (χ1) is 7.16. The molecule has 1 aromatic carbocycles. The van der Waals surface area contributed by atoms with Crippen molar-refractivity contribution in [2.45, 2.75) is 31.8 Å². The summed E-state index contributed by atoms with van der Waals surface area (Å²) in [7, 11) is 2.14. The van der Waals surface area contributed by atoms with Crippen LogP contribution in [-0.2, 0) is 6.54 Å². The molecule has 15 heavy (non-hydrogen) atoms. The Labute approximate surface area is 98.4 Å². The third-order valence-electron chi connectivity index (χ3n) is 3.11. The SMILES string of the molecule is CN(Cc1ccc(F)c(Br)c1)C1CCC1. The smallest absolute Gasteiger partial charge is 0.137 e. The van der Waals surface area contributed by atoms with Gasteiger partial charge in [0.15, 0.2) is 0 Å². The zero-order chi connectivity index (χ0) is 10.8. The van der Waals surface area contributed by atoms with Crippen molar-refractivity contribution in [2.24, 2.45) is 0 Å². The Morgan fingerprint density at radius 3 is 2.73 bits per heavy atom. The van der Waals surface area contributed by atoms with Crippen molar-refractivity contribution >= 4 is 15.9 Å². The van der Waals surface area contributed by atoms with Crippen LogP contribution in [0.2, 0.25) is 0 Å². The molecule has 0 unspecified atom stereocenters. The van der Waals surface area contributed by atoms with E-state index in [2.05, 4.69) is 27.9 Å². The summed E-state index contributed by atoms with van der Waals surface area (Å²) in [5.41, 5.74) is 1.16. The van der Waals surface area contributed by atoms with Gasteiger partial charge in [-0.2, -0.15) is 0 Å². The van der Waals surface area contributed by atoms with Crippen molar-refractivity contribution in [2.75, 3.05) is 7.05 Å². The van der Waals surface area contributed by atoms with Crippen LogP contribution in [0.5, 0.6) is 0 Å². The lowest BCUT2D eigenvalue weighted by molar-refractivity contribution is 0.152. The first kappa shape index (κ1) is 11.1. The Hall–Kier alpha value is -0.410. The van der Waals surface area contributed by atoms with Gasteiger partial charge in [0.05, 0.1) is 4.47 Å². The number of hydrogen-bond acceptors (Lipinski definition) is 1. The topological polar surface area (TPSA) is 3.24 Å². The van der Waals surface area contributed by atoms with Crippen molar-refractivity contribution in [3.8, 4) is 0 Å². The first-order valence-corrected chi connectivity index (χ1v) is 6.10. The first-order valence-electron chi connectivity index (χ1n) is 5.31. The summed E-state index contributed by atoms with van der Waals surface area (Å²) < 4.78 is 13.6. The summed E-state index contributed by atoms with van der Waals surface area (Å²) in [6.07, 6.45) is 3.96. The largest absolute Gasteiger partial charge is 0.299 e. The van der Waals surface area contributed by atoms with Crippen molar-refractivity contribution < 1.29 is 4.39 Å². The molecule has 0 spiro atoms. The molecule has 1 aromatic rings. The Balaban J connectivity index is 2.00. The van der Waals surface area contributed by atoms with E-state index in [-0.39, 0.29) is 5.82 Å². The third-order valence-corrected chi connectivity index (χ3v) is 3.72. The van der Waals surface area contributed by atoms with Crippen LogP contribution in [0.15, 0.2) is 22.7 Å². The summed E-state index contributed by atoms with van der Waals surface area (Å²) in [5.74, 6) is -0.190. The van der Waals surface area contributed by atoms with E-state index < -0.39 is 0 Å². The average Bonchev–Trinajstić information content (AvgIpc) is 2.08. The molecule has 0 bridgehead atoms. The minimum atomic E-state index is -0.190. The van der Waals surface area contributed by atoms with Gasteiger partial charge in [0, 0.05) is 12.6 Å². The summed E-state index contributed by atoms with van der Waals surface area (Å²) in [6.45, 7) is 0.906. The van der Waals surface area contributed by atoms with Gasteiger partial charge in [-0.1, -0.05) is 12.5 Å². The summed E-state index contributed by atoms with van der Waals surface area (Å²) in [6, 6.07) is 5.97. The fourth-order valence-electron chi connectivity index (χ4n) is 1.88. The van der Waals surface area contributed by atoms with Crippen molar-refractivity contribution in [1.82, 2.24) is 4.90 Å². The van der Waals surface area contributed by atoms with E-state index in [1.165, 1.54) is 25.3 Å². The molecule has 1 saturated carbocycles. The maximum atomic E-state index is 13.0. The number of nitrogens with zero attached hydrogens (tertiary/aromatic N) is 1. The molecule has 82 valence electrons. The molecule has 0 saturated heterocycles. The fourth-order valence-corrected chi connectivity index (χ4v) is 2.31. The maximum absolute atomic E-state index is 13.0. The minimum absolute atomic E-state index is 0.190. The number of rotatable bonds is 3. The van der Waals surface area contributed by atoms with Gasteiger partial charge >= 0.3 is 0 Å². The van der Waals surface area contributed by atoms with Crippen LogP contribution in [0.1, 0.15) is 24.8 Å². The highest BCUT2D eigenvalue weighted by Gasteiger charge is 2.21. The molecule has 0 N–H and O–H groups in total. The van der Waals surface area contributed by atoms with Crippen molar-refractivity contribution in [3.63, 3.8) is 0 Å². The molecular weight excluding hydrogens is 257 g/mol. The van der Waals surface area contributed by atoms with E-state index in [1.54, 1.807) is 0 Å². The molecule has 0 atom stereocenters. The average molecular weight is 272 g/mol. The molecule has 1 aliphatic rings. The number of halogens is 2.